The number of rotatable bonds is 5. The third kappa shape index (κ3) is 5.56. The molecular weight excluding hydrogens is 453 g/mol. The van der Waals surface area contributed by atoms with E-state index in [2.05, 4.69) is 25.7 Å². The maximum atomic E-state index is 13.6. The van der Waals surface area contributed by atoms with Crippen molar-refractivity contribution < 1.29 is 45.1 Å². The van der Waals surface area contributed by atoms with Crippen molar-refractivity contribution >= 4 is 11.9 Å². The van der Waals surface area contributed by atoms with Gasteiger partial charge in [0.05, 0.1) is 11.7 Å². The normalized spacial score (nSPS) is 17.3. The van der Waals surface area contributed by atoms with Gasteiger partial charge < -0.3 is 20.7 Å². The number of hydrogen-bond donors (Lipinski definition) is 3. The average Bonchev–Trinajstić information content (AvgIpc) is 3.12. The summed E-state index contributed by atoms with van der Waals surface area (Å²) in [6.07, 6.45) is -10.1. The first-order chi connectivity index (χ1) is 14.8. The molecule has 3 rings (SSSR count). The molecule has 1 saturated heterocycles. The van der Waals surface area contributed by atoms with Gasteiger partial charge in [-0.25, -0.2) is 14.2 Å². The number of urea groups is 1. The molecule has 0 radical (unpaired) electrons. The summed E-state index contributed by atoms with van der Waals surface area (Å²) in [4.78, 5) is 27.0. The molecule has 32 heavy (non-hydrogen) atoms. The summed E-state index contributed by atoms with van der Waals surface area (Å²) >= 11 is 0. The van der Waals surface area contributed by atoms with E-state index in [9.17, 15) is 40.3 Å². The summed E-state index contributed by atoms with van der Waals surface area (Å²) in [5.74, 6) is -3.07. The summed E-state index contributed by atoms with van der Waals surface area (Å²) in [7, 11) is 0. The van der Waals surface area contributed by atoms with Crippen molar-refractivity contribution in [1.82, 2.24) is 20.9 Å². The molecule has 0 spiro atoms. The smallest absolute Gasteiger partial charge is 0.406 e. The Labute approximate surface area is 175 Å². The van der Waals surface area contributed by atoms with E-state index in [1.807, 2.05) is 0 Å². The quantitative estimate of drug-likeness (QED) is 0.591. The van der Waals surface area contributed by atoms with Gasteiger partial charge in [0.25, 0.3) is 0 Å². The lowest BCUT2D eigenvalue weighted by atomic mass is 10.0. The predicted octanol–water partition coefficient (Wildman–Crippen LogP) is 3.03. The van der Waals surface area contributed by atoms with E-state index in [1.54, 1.807) is 0 Å². The molecule has 0 bridgehead atoms. The molecule has 1 aliphatic heterocycles. The number of amides is 3. The fraction of sp³-hybridized carbons (Fsp3) is 0.278. The largest absolute Gasteiger partial charge is 0.573 e. The average molecular weight is 466 g/mol. The molecule has 2 aromatic rings. The number of halogens is 7. The monoisotopic (exact) mass is 466 g/mol. The second-order valence-corrected chi connectivity index (χ2v) is 6.53. The van der Waals surface area contributed by atoms with Crippen LogP contribution >= 0.6 is 0 Å². The Balaban J connectivity index is 1.96. The van der Waals surface area contributed by atoms with Gasteiger partial charge in [-0.05, 0) is 29.8 Å². The zero-order valence-electron chi connectivity index (χ0n) is 15.6. The second kappa shape index (κ2) is 8.51. The van der Waals surface area contributed by atoms with E-state index in [0.29, 0.717) is 6.07 Å². The summed E-state index contributed by atoms with van der Waals surface area (Å²) < 4.78 is 93.7. The standard InChI is InChI=1S/C18H13F7N4O3/c19-10-5-6-11(27-14(10)17(20,21)22)13(29-15(30)12-7-26-16(31)28-12)8-1-3-9(4-2-8)32-18(23,24)25/h1-6,12-13H,7H2,(H,29,30)(H2,26,28,31)/t12?,13-/m1/s1. The van der Waals surface area contributed by atoms with E-state index >= 15 is 0 Å². The van der Waals surface area contributed by atoms with Crippen LogP contribution in [-0.4, -0.2) is 35.9 Å². The molecule has 3 N–H and O–H groups in total. The highest BCUT2D eigenvalue weighted by Crippen LogP contribution is 2.32. The van der Waals surface area contributed by atoms with E-state index in [-0.39, 0.29) is 12.1 Å². The highest BCUT2D eigenvalue weighted by atomic mass is 19.4. The fourth-order valence-electron chi connectivity index (χ4n) is 2.86. The molecule has 2 atom stereocenters. The molecule has 3 amide bonds. The van der Waals surface area contributed by atoms with Crippen LogP contribution < -0.4 is 20.7 Å². The molecule has 1 aliphatic rings. The van der Waals surface area contributed by atoms with Gasteiger partial charge in [0.15, 0.2) is 11.5 Å². The second-order valence-electron chi connectivity index (χ2n) is 6.53. The van der Waals surface area contributed by atoms with Crippen LogP contribution in [0, 0.1) is 5.82 Å². The molecule has 1 fully saturated rings. The fourth-order valence-corrected chi connectivity index (χ4v) is 2.86. The number of aromatic nitrogens is 1. The summed E-state index contributed by atoms with van der Waals surface area (Å²) in [6, 6.07) is 2.16. The lowest BCUT2D eigenvalue weighted by Gasteiger charge is -2.22. The van der Waals surface area contributed by atoms with Crippen LogP contribution in [0.2, 0.25) is 0 Å². The van der Waals surface area contributed by atoms with Crippen molar-refractivity contribution in [3.05, 3.63) is 59.2 Å². The van der Waals surface area contributed by atoms with Crippen molar-refractivity contribution in [3.63, 3.8) is 0 Å². The van der Waals surface area contributed by atoms with Gasteiger partial charge in [-0.15, -0.1) is 13.2 Å². The minimum atomic E-state index is -5.14. The number of nitrogens with zero attached hydrogens (tertiary/aromatic N) is 1. The zero-order chi connectivity index (χ0) is 23.7. The minimum absolute atomic E-state index is 0.0254. The van der Waals surface area contributed by atoms with Crippen LogP contribution in [0.15, 0.2) is 36.4 Å². The van der Waals surface area contributed by atoms with Gasteiger partial charge in [-0.1, -0.05) is 12.1 Å². The van der Waals surface area contributed by atoms with Crippen LogP contribution in [0.5, 0.6) is 5.75 Å². The van der Waals surface area contributed by atoms with E-state index in [4.69, 9.17) is 0 Å². The molecular formula is C18H13F7N4O3. The molecule has 1 aromatic carbocycles. The Hall–Kier alpha value is -3.58. The summed E-state index contributed by atoms with van der Waals surface area (Å²) in [5, 5.41) is 6.96. The van der Waals surface area contributed by atoms with Gasteiger partial charge in [0, 0.05) is 6.54 Å². The first-order valence-corrected chi connectivity index (χ1v) is 8.77. The van der Waals surface area contributed by atoms with Gasteiger partial charge in [0.1, 0.15) is 11.8 Å². The molecule has 1 unspecified atom stereocenters. The maximum Gasteiger partial charge on any atom is 0.573 e. The van der Waals surface area contributed by atoms with E-state index < -0.39 is 59.5 Å². The van der Waals surface area contributed by atoms with Crippen molar-refractivity contribution in [2.75, 3.05) is 6.54 Å². The number of hydrogen-bond acceptors (Lipinski definition) is 4. The van der Waals surface area contributed by atoms with Crippen LogP contribution in [0.25, 0.3) is 0 Å². The molecule has 14 heteroatoms. The molecule has 0 saturated carbocycles. The number of nitrogens with one attached hydrogen (secondary N) is 3. The van der Waals surface area contributed by atoms with Crippen molar-refractivity contribution in [2.45, 2.75) is 24.6 Å². The third-order valence-corrected chi connectivity index (χ3v) is 4.25. The highest BCUT2D eigenvalue weighted by Gasteiger charge is 2.38. The number of ether oxygens (including phenoxy) is 1. The van der Waals surface area contributed by atoms with E-state index in [0.717, 1.165) is 30.3 Å². The van der Waals surface area contributed by atoms with Gasteiger partial charge >= 0.3 is 18.6 Å². The molecule has 0 aliphatic carbocycles. The molecule has 172 valence electrons. The van der Waals surface area contributed by atoms with Crippen LogP contribution in [0.3, 0.4) is 0 Å². The first-order valence-electron chi connectivity index (χ1n) is 8.77. The van der Waals surface area contributed by atoms with Crippen molar-refractivity contribution in [3.8, 4) is 5.75 Å². The molecule has 1 aromatic heterocycles. The number of carbonyl (C=O) groups is 2. The molecule has 7 nitrogen and oxygen atoms in total. The Bertz CT molecular complexity index is 1010. The topological polar surface area (TPSA) is 92.4 Å². The Morgan fingerprint density at radius 3 is 2.28 bits per heavy atom. The number of benzene rings is 1. The van der Waals surface area contributed by atoms with Gasteiger partial charge in [-0.3, -0.25) is 4.79 Å². The first kappa shape index (κ1) is 23.1. The van der Waals surface area contributed by atoms with E-state index in [1.165, 1.54) is 0 Å². The zero-order valence-corrected chi connectivity index (χ0v) is 15.6. The number of carbonyl (C=O) groups excluding carboxylic acids is 2. The van der Waals surface area contributed by atoms with Crippen molar-refractivity contribution in [2.24, 2.45) is 0 Å². The minimum Gasteiger partial charge on any atom is -0.406 e. The van der Waals surface area contributed by atoms with Crippen LogP contribution in [0.4, 0.5) is 35.5 Å². The third-order valence-electron chi connectivity index (χ3n) is 4.25. The molecule has 2 heterocycles. The SMILES string of the molecule is O=C1NCC(C(=O)N[C@H](c2ccc(OC(F)(F)F)cc2)c2ccc(F)c(C(F)(F)F)n2)N1. The van der Waals surface area contributed by atoms with Crippen molar-refractivity contribution in [1.29, 1.82) is 0 Å². The Morgan fingerprint density at radius 1 is 1.09 bits per heavy atom. The number of alkyl halides is 6. The van der Waals surface area contributed by atoms with Crippen LogP contribution in [-0.2, 0) is 11.0 Å². The predicted molar refractivity (Wildman–Crippen MR) is 92.6 cm³/mol. The number of pyridine rings is 1. The lowest BCUT2D eigenvalue weighted by molar-refractivity contribution is -0.274. The Kier molecular flexibility index (Phi) is 6.14. The summed E-state index contributed by atoms with van der Waals surface area (Å²) in [6.45, 7) is -0.111. The van der Waals surface area contributed by atoms with Gasteiger partial charge in [-0.2, -0.15) is 13.2 Å². The highest BCUT2D eigenvalue weighted by molar-refractivity contribution is 5.90. The van der Waals surface area contributed by atoms with Crippen LogP contribution in [0.1, 0.15) is 23.0 Å². The Morgan fingerprint density at radius 2 is 1.75 bits per heavy atom. The van der Waals surface area contributed by atoms with Gasteiger partial charge in [0.2, 0.25) is 5.91 Å². The maximum absolute atomic E-state index is 13.6. The lowest BCUT2D eigenvalue weighted by Crippen LogP contribution is -2.44. The summed E-state index contributed by atoms with van der Waals surface area (Å²) in [5.41, 5.74) is -2.24.